The fourth-order valence-electron chi connectivity index (χ4n) is 6.21. The first-order chi connectivity index (χ1) is 21.3. The zero-order valence-corrected chi connectivity index (χ0v) is 26.4. The Bertz CT molecular complexity index is 1560. The number of methoxy groups -OCH3 is 1. The number of thiophene rings is 1. The summed E-state index contributed by atoms with van der Waals surface area (Å²) in [5.41, 5.74) is 3.19. The van der Waals surface area contributed by atoms with Crippen molar-refractivity contribution in [2.24, 2.45) is 0 Å². The summed E-state index contributed by atoms with van der Waals surface area (Å²) in [5.74, 6) is 1.81. The quantitative estimate of drug-likeness (QED) is 0.407. The summed E-state index contributed by atoms with van der Waals surface area (Å²) < 4.78 is 5.74. The number of piperazine rings is 1. The molecule has 0 radical (unpaired) electrons. The van der Waals surface area contributed by atoms with Gasteiger partial charge in [-0.15, -0.1) is 11.3 Å². The number of ether oxygens (including phenoxy) is 1. The number of carbonyl (C=O) groups excluding carboxylic acids is 3. The Morgan fingerprint density at radius 3 is 2.61 bits per heavy atom. The molecule has 3 amide bonds. The van der Waals surface area contributed by atoms with Gasteiger partial charge in [0.15, 0.2) is 5.82 Å². The molecule has 0 bridgehead atoms. The first kappa shape index (κ1) is 29.8. The molecule has 3 aliphatic rings. The number of carbonyl (C=O) groups is 3. The van der Waals surface area contributed by atoms with Crippen LogP contribution < -0.4 is 24.8 Å². The van der Waals surface area contributed by atoms with Gasteiger partial charge in [0.2, 0.25) is 23.7 Å². The van der Waals surface area contributed by atoms with Gasteiger partial charge in [0.1, 0.15) is 17.5 Å². The molecule has 3 aliphatic heterocycles. The highest BCUT2D eigenvalue weighted by molar-refractivity contribution is 7.09. The van der Waals surface area contributed by atoms with E-state index in [2.05, 4.69) is 26.2 Å². The molecular formula is C31H38N8O4S. The summed E-state index contributed by atoms with van der Waals surface area (Å²) in [6, 6.07) is 7.64. The minimum atomic E-state index is -0.336. The molecule has 0 saturated carbocycles. The molecule has 2 aromatic heterocycles. The number of hydrogen-bond donors (Lipinski definition) is 1. The summed E-state index contributed by atoms with van der Waals surface area (Å²) in [4.78, 5) is 58.4. The number of fused-ring (bicyclic) bond motifs is 2. The molecule has 1 saturated heterocycles. The van der Waals surface area contributed by atoms with Crippen molar-refractivity contribution in [3.63, 3.8) is 0 Å². The number of benzene rings is 1. The average molecular weight is 619 g/mol. The van der Waals surface area contributed by atoms with E-state index in [-0.39, 0.29) is 23.8 Å². The van der Waals surface area contributed by atoms with Crippen LogP contribution >= 0.6 is 11.3 Å². The van der Waals surface area contributed by atoms with Crippen LogP contribution in [-0.4, -0.2) is 97.0 Å². The van der Waals surface area contributed by atoms with E-state index in [4.69, 9.17) is 9.72 Å². The van der Waals surface area contributed by atoms with Crippen molar-refractivity contribution in [2.75, 3.05) is 73.4 Å². The van der Waals surface area contributed by atoms with Crippen molar-refractivity contribution in [3.8, 4) is 5.75 Å². The monoisotopic (exact) mass is 618 g/mol. The second-order valence-corrected chi connectivity index (χ2v) is 12.3. The smallest absolute Gasteiger partial charge is 0.249 e. The highest BCUT2D eigenvalue weighted by atomic mass is 32.1. The maximum absolute atomic E-state index is 13.4. The van der Waals surface area contributed by atoms with Crippen LogP contribution in [0.15, 0.2) is 35.8 Å². The first-order valence-electron chi connectivity index (χ1n) is 15.0. The summed E-state index contributed by atoms with van der Waals surface area (Å²) in [6.45, 7) is 7.71. The maximum atomic E-state index is 13.4. The second kappa shape index (κ2) is 12.4. The standard InChI is InChI=1S/C31H38N8O4S/c1-5-24-30(42)35(3)26-17-32-31(34-29(26)39(24)18-22-7-6-14-44-22)33-23-16-25-21(15-27(23)43-4)8-9-38(25)28(41)19-36-10-12-37(13-11-36)20(2)40/h6-7,14-17,24H,5,8-13,18-19H2,1-4H3,(H,32,33,34)/t24-/m1/s1. The van der Waals surface area contributed by atoms with E-state index < -0.39 is 0 Å². The van der Waals surface area contributed by atoms with E-state index in [1.54, 1.807) is 43.5 Å². The summed E-state index contributed by atoms with van der Waals surface area (Å²) in [6.07, 6.45) is 3.06. The van der Waals surface area contributed by atoms with Gasteiger partial charge in [0.25, 0.3) is 0 Å². The van der Waals surface area contributed by atoms with Gasteiger partial charge < -0.3 is 29.7 Å². The van der Waals surface area contributed by atoms with Crippen molar-refractivity contribution >= 4 is 57.9 Å². The predicted octanol–water partition coefficient (Wildman–Crippen LogP) is 3.11. The third kappa shape index (κ3) is 5.69. The van der Waals surface area contributed by atoms with Crippen molar-refractivity contribution in [1.82, 2.24) is 19.8 Å². The third-order valence-corrected chi connectivity index (χ3v) is 9.55. The number of nitrogens with zero attached hydrogens (tertiary/aromatic N) is 7. The van der Waals surface area contributed by atoms with Gasteiger partial charge in [-0.3, -0.25) is 19.3 Å². The average Bonchev–Trinajstić information content (AvgIpc) is 3.69. The molecule has 1 N–H and O–H groups in total. The summed E-state index contributed by atoms with van der Waals surface area (Å²) in [5, 5.41) is 5.37. The van der Waals surface area contributed by atoms with Crippen molar-refractivity contribution in [1.29, 1.82) is 0 Å². The van der Waals surface area contributed by atoms with E-state index in [1.807, 2.05) is 40.3 Å². The Labute approximate surface area is 261 Å². The molecule has 1 atom stereocenters. The second-order valence-electron chi connectivity index (χ2n) is 11.3. The minimum absolute atomic E-state index is 0.0200. The Hall–Kier alpha value is -4.23. The lowest BCUT2D eigenvalue weighted by molar-refractivity contribution is -0.130. The molecule has 3 aromatic rings. The summed E-state index contributed by atoms with van der Waals surface area (Å²) in [7, 11) is 3.38. The zero-order valence-electron chi connectivity index (χ0n) is 25.6. The van der Waals surface area contributed by atoms with E-state index in [9.17, 15) is 14.4 Å². The highest BCUT2D eigenvalue weighted by Crippen LogP contribution is 2.40. The van der Waals surface area contributed by atoms with Crippen molar-refractivity contribution < 1.29 is 19.1 Å². The Morgan fingerprint density at radius 2 is 1.93 bits per heavy atom. The van der Waals surface area contributed by atoms with Crippen LogP contribution in [0.2, 0.25) is 0 Å². The predicted molar refractivity (Wildman–Crippen MR) is 171 cm³/mol. The van der Waals surface area contributed by atoms with E-state index in [0.29, 0.717) is 81.1 Å². The number of rotatable bonds is 8. The molecule has 12 nitrogen and oxygen atoms in total. The molecule has 232 valence electrons. The van der Waals surface area contributed by atoms with Crippen molar-refractivity contribution in [3.05, 3.63) is 46.3 Å². The topological polar surface area (TPSA) is 114 Å². The Morgan fingerprint density at radius 1 is 1.14 bits per heavy atom. The molecular weight excluding hydrogens is 580 g/mol. The first-order valence-corrected chi connectivity index (χ1v) is 15.8. The number of amides is 3. The van der Waals surface area contributed by atoms with Crippen LogP contribution in [0.5, 0.6) is 5.75 Å². The Balaban J connectivity index is 1.25. The van der Waals surface area contributed by atoms with Crippen LogP contribution in [0, 0.1) is 0 Å². The van der Waals surface area contributed by atoms with Gasteiger partial charge in [0.05, 0.1) is 32.1 Å². The SMILES string of the molecule is CC[C@@H]1C(=O)N(C)c2cnc(Nc3cc4c(cc3OC)CCN4C(=O)CN3CCN(C(C)=O)CC3)nc2N1Cc1cccs1. The van der Waals surface area contributed by atoms with E-state index in [1.165, 1.54) is 0 Å². The van der Waals surface area contributed by atoms with Crippen LogP contribution in [-0.2, 0) is 27.3 Å². The minimum Gasteiger partial charge on any atom is -0.495 e. The third-order valence-electron chi connectivity index (χ3n) is 8.69. The number of likely N-dealkylation sites (N-methyl/N-ethyl adjacent to an activating group) is 1. The lowest BCUT2D eigenvalue weighted by Crippen LogP contribution is -2.52. The molecule has 0 unspecified atom stereocenters. The number of aromatic nitrogens is 2. The molecule has 1 aromatic carbocycles. The number of hydrogen-bond acceptors (Lipinski definition) is 10. The van der Waals surface area contributed by atoms with Crippen LogP contribution in [0.25, 0.3) is 0 Å². The molecule has 13 heteroatoms. The summed E-state index contributed by atoms with van der Waals surface area (Å²) >= 11 is 1.65. The van der Waals surface area contributed by atoms with Crippen LogP contribution in [0.1, 0.15) is 30.7 Å². The van der Waals surface area contributed by atoms with E-state index >= 15 is 0 Å². The largest absolute Gasteiger partial charge is 0.495 e. The van der Waals surface area contributed by atoms with Gasteiger partial charge in [-0.1, -0.05) is 13.0 Å². The molecule has 0 aliphatic carbocycles. The van der Waals surface area contributed by atoms with Gasteiger partial charge in [-0.25, -0.2) is 4.98 Å². The van der Waals surface area contributed by atoms with Gasteiger partial charge in [-0.2, -0.15) is 4.98 Å². The highest BCUT2D eigenvalue weighted by Gasteiger charge is 2.37. The fraction of sp³-hybridized carbons (Fsp3) is 0.452. The zero-order chi connectivity index (χ0) is 31.0. The fourth-order valence-corrected chi connectivity index (χ4v) is 6.91. The number of anilines is 5. The van der Waals surface area contributed by atoms with Crippen molar-refractivity contribution in [2.45, 2.75) is 39.3 Å². The molecule has 5 heterocycles. The van der Waals surface area contributed by atoms with E-state index in [0.717, 1.165) is 22.5 Å². The number of nitrogens with one attached hydrogen (secondary N) is 1. The molecule has 1 fully saturated rings. The lowest BCUT2D eigenvalue weighted by atomic mass is 10.1. The normalized spacial score (nSPS) is 18.4. The lowest BCUT2D eigenvalue weighted by Gasteiger charge is -2.40. The molecule has 6 rings (SSSR count). The van der Waals surface area contributed by atoms with Crippen LogP contribution in [0.3, 0.4) is 0 Å². The maximum Gasteiger partial charge on any atom is 0.249 e. The molecule has 44 heavy (non-hydrogen) atoms. The van der Waals surface area contributed by atoms with Gasteiger partial charge in [0, 0.05) is 57.3 Å². The van der Waals surface area contributed by atoms with Gasteiger partial charge in [-0.05, 0) is 42.0 Å². The van der Waals surface area contributed by atoms with Gasteiger partial charge >= 0.3 is 0 Å². The molecule has 0 spiro atoms. The Kier molecular flexibility index (Phi) is 8.41. The van der Waals surface area contributed by atoms with Crippen LogP contribution in [0.4, 0.5) is 28.8 Å².